The summed E-state index contributed by atoms with van der Waals surface area (Å²) in [6.45, 7) is 2.45. The van der Waals surface area contributed by atoms with Crippen LogP contribution in [0.1, 0.15) is 17.5 Å². The summed E-state index contributed by atoms with van der Waals surface area (Å²) < 4.78 is 0. The van der Waals surface area contributed by atoms with E-state index in [9.17, 15) is 9.59 Å². The Labute approximate surface area is 202 Å². The van der Waals surface area contributed by atoms with Crippen molar-refractivity contribution in [1.82, 2.24) is 4.90 Å². The molecular weight excluding hydrogens is 454 g/mol. The van der Waals surface area contributed by atoms with Gasteiger partial charge < -0.3 is 5.32 Å². The molecule has 1 aliphatic heterocycles. The van der Waals surface area contributed by atoms with Crippen molar-refractivity contribution in [3.63, 3.8) is 0 Å². The first-order valence-electron chi connectivity index (χ1n) is 10.7. The number of nitrogens with zero attached hydrogens (tertiary/aromatic N) is 2. The molecule has 168 valence electrons. The molecule has 0 aliphatic carbocycles. The maximum absolute atomic E-state index is 13.1. The summed E-state index contributed by atoms with van der Waals surface area (Å²) in [5.74, 6) is -0.307. The molecule has 1 unspecified atom stereocenters. The maximum atomic E-state index is 13.1. The van der Waals surface area contributed by atoms with Gasteiger partial charge in [0.25, 0.3) is 0 Å². The van der Waals surface area contributed by atoms with Crippen molar-refractivity contribution >= 4 is 51.7 Å². The SMILES string of the molecule is Cc1cccc(NC(=O)C2CC(=O)N(CCc3ccc(Cl)cc3)C(=Nc3ccccc3)S2)c1. The molecule has 4 rings (SSSR count). The van der Waals surface area contributed by atoms with Gasteiger partial charge in [-0.3, -0.25) is 14.5 Å². The standard InChI is InChI=1S/C26H24ClN3O2S/c1-18-6-5-9-22(16-18)28-25(32)23-17-24(31)30(15-14-19-10-12-20(27)13-11-19)26(33-23)29-21-7-3-2-4-8-21/h2-13,16,23H,14-15,17H2,1H3,(H,28,32). The quantitative estimate of drug-likeness (QED) is 0.484. The molecule has 0 radical (unpaired) electrons. The Bertz CT molecular complexity index is 1170. The number of rotatable bonds is 6. The molecule has 0 aromatic heterocycles. The van der Waals surface area contributed by atoms with Crippen LogP contribution in [0, 0.1) is 6.92 Å². The Morgan fingerprint density at radius 1 is 1.09 bits per heavy atom. The first kappa shape index (κ1) is 23.1. The largest absolute Gasteiger partial charge is 0.325 e. The van der Waals surface area contributed by atoms with Crippen molar-refractivity contribution in [3.05, 3.63) is 95.0 Å². The lowest BCUT2D eigenvalue weighted by molar-refractivity contribution is -0.129. The lowest BCUT2D eigenvalue weighted by atomic mass is 10.1. The van der Waals surface area contributed by atoms with E-state index in [4.69, 9.17) is 16.6 Å². The zero-order chi connectivity index (χ0) is 23.2. The highest BCUT2D eigenvalue weighted by atomic mass is 35.5. The van der Waals surface area contributed by atoms with Crippen LogP contribution in [-0.4, -0.2) is 33.7 Å². The van der Waals surface area contributed by atoms with Crippen LogP contribution in [-0.2, 0) is 16.0 Å². The summed E-state index contributed by atoms with van der Waals surface area (Å²) in [5, 5.41) is 3.60. The molecule has 3 aromatic rings. The number of nitrogens with one attached hydrogen (secondary N) is 1. The van der Waals surface area contributed by atoms with E-state index >= 15 is 0 Å². The van der Waals surface area contributed by atoms with Gasteiger partial charge in [-0.25, -0.2) is 4.99 Å². The highest BCUT2D eigenvalue weighted by Crippen LogP contribution is 2.30. The summed E-state index contributed by atoms with van der Waals surface area (Å²) in [4.78, 5) is 32.5. The number of amides is 2. The summed E-state index contributed by atoms with van der Waals surface area (Å²) >= 11 is 7.31. The van der Waals surface area contributed by atoms with Gasteiger partial charge in [-0.15, -0.1) is 0 Å². The number of benzene rings is 3. The van der Waals surface area contributed by atoms with Gasteiger partial charge in [0.2, 0.25) is 11.8 Å². The fourth-order valence-corrected chi connectivity index (χ4v) is 4.76. The van der Waals surface area contributed by atoms with Crippen molar-refractivity contribution in [2.24, 2.45) is 4.99 Å². The molecule has 1 saturated heterocycles. The predicted molar refractivity (Wildman–Crippen MR) is 136 cm³/mol. The van der Waals surface area contributed by atoms with Crippen molar-refractivity contribution in [3.8, 4) is 0 Å². The fourth-order valence-electron chi connectivity index (χ4n) is 3.51. The third kappa shape index (κ3) is 6.24. The van der Waals surface area contributed by atoms with Crippen molar-refractivity contribution in [2.45, 2.75) is 25.0 Å². The average Bonchev–Trinajstić information content (AvgIpc) is 2.80. The van der Waals surface area contributed by atoms with E-state index in [1.54, 1.807) is 4.90 Å². The van der Waals surface area contributed by atoms with Crippen LogP contribution in [0.5, 0.6) is 0 Å². The van der Waals surface area contributed by atoms with Crippen LogP contribution < -0.4 is 5.32 Å². The number of amidine groups is 1. The van der Waals surface area contributed by atoms with Crippen LogP contribution in [0.4, 0.5) is 11.4 Å². The van der Waals surface area contributed by atoms with Crippen LogP contribution in [0.3, 0.4) is 0 Å². The molecule has 1 N–H and O–H groups in total. The Kier molecular flexibility index (Phi) is 7.47. The molecule has 7 heteroatoms. The van der Waals surface area contributed by atoms with Gasteiger partial charge in [-0.05, 0) is 60.9 Å². The first-order valence-corrected chi connectivity index (χ1v) is 12.0. The van der Waals surface area contributed by atoms with Crippen molar-refractivity contribution in [1.29, 1.82) is 0 Å². The summed E-state index contributed by atoms with van der Waals surface area (Å²) in [6, 6.07) is 24.7. The molecule has 2 amide bonds. The van der Waals surface area contributed by atoms with Gasteiger partial charge in [0, 0.05) is 23.7 Å². The maximum Gasteiger partial charge on any atom is 0.238 e. The minimum absolute atomic E-state index is 0.109. The molecule has 5 nitrogen and oxygen atoms in total. The van der Waals surface area contributed by atoms with Crippen LogP contribution in [0.25, 0.3) is 0 Å². The number of carbonyl (C=O) groups is 2. The Hall–Kier alpha value is -3.09. The van der Waals surface area contributed by atoms with Gasteiger partial charge in [0.1, 0.15) is 5.25 Å². The zero-order valence-corrected chi connectivity index (χ0v) is 19.8. The summed E-state index contributed by atoms with van der Waals surface area (Å²) in [6.07, 6.45) is 0.786. The van der Waals surface area contributed by atoms with Gasteiger partial charge >= 0.3 is 0 Å². The Morgan fingerprint density at radius 3 is 2.58 bits per heavy atom. The average molecular weight is 478 g/mol. The van der Waals surface area contributed by atoms with Gasteiger partial charge in [-0.2, -0.15) is 0 Å². The first-order chi connectivity index (χ1) is 16.0. The minimum atomic E-state index is -0.549. The fraction of sp³-hybridized carbons (Fsp3) is 0.192. The van der Waals surface area contributed by atoms with E-state index in [0.717, 1.165) is 22.5 Å². The number of thioether (sulfide) groups is 1. The van der Waals surface area contributed by atoms with Crippen LogP contribution in [0.2, 0.25) is 5.02 Å². The number of hydrogen-bond donors (Lipinski definition) is 1. The number of halogens is 1. The molecule has 0 saturated carbocycles. The van der Waals surface area contributed by atoms with E-state index < -0.39 is 5.25 Å². The third-order valence-electron chi connectivity index (χ3n) is 5.24. The zero-order valence-electron chi connectivity index (χ0n) is 18.2. The molecule has 0 bridgehead atoms. The Morgan fingerprint density at radius 2 is 1.85 bits per heavy atom. The molecule has 1 heterocycles. The second-order valence-corrected chi connectivity index (χ2v) is 9.43. The van der Waals surface area contributed by atoms with Gasteiger partial charge in [-0.1, -0.05) is 65.8 Å². The highest BCUT2D eigenvalue weighted by Gasteiger charge is 2.35. The molecule has 33 heavy (non-hydrogen) atoms. The lowest BCUT2D eigenvalue weighted by Crippen LogP contribution is -2.46. The van der Waals surface area contributed by atoms with E-state index in [1.165, 1.54) is 11.8 Å². The van der Waals surface area contributed by atoms with Crippen molar-refractivity contribution < 1.29 is 9.59 Å². The van der Waals surface area contributed by atoms with E-state index in [2.05, 4.69) is 5.32 Å². The minimum Gasteiger partial charge on any atom is -0.325 e. The number of hydrogen-bond acceptors (Lipinski definition) is 4. The second kappa shape index (κ2) is 10.7. The molecular formula is C26H24ClN3O2S. The van der Waals surface area contributed by atoms with Gasteiger partial charge in [0.05, 0.1) is 5.69 Å². The Balaban J connectivity index is 1.53. The monoisotopic (exact) mass is 477 g/mol. The molecule has 1 aliphatic rings. The molecule has 1 fully saturated rings. The molecule has 1 atom stereocenters. The smallest absolute Gasteiger partial charge is 0.238 e. The summed E-state index contributed by atoms with van der Waals surface area (Å²) in [7, 11) is 0. The predicted octanol–water partition coefficient (Wildman–Crippen LogP) is 5.85. The normalized spacial score (nSPS) is 17.3. The van der Waals surface area contributed by atoms with E-state index in [0.29, 0.717) is 23.2 Å². The number of aryl methyl sites for hydroxylation is 1. The molecule has 0 spiro atoms. The van der Waals surface area contributed by atoms with Crippen molar-refractivity contribution in [2.75, 3.05) is 11.9 Å². The van der Waals surface area contributed by atoms with E-state index in [1.807, 2.05) is 85.8 Å². The number of carbonyl (C=O) groups excluding carboxylic acids is 2. The van der Waals surface area contributed by atoms with Gasteiger partial charge in [0.15, 0.2) is 5.17 Å². The van der Waals surface area contributed by atoms with Crippen LogP contribution in [0.15, 0.2) is 83.9 Å². The van der Waals surface area contributed by atoms with E-state index in [-0.39, 0.29) is 18.2 Å². The molecule has 3 aromatic carbocycles. The third-order valence-corrected chi connectivity index (χ3v) is 6.68. The lowest BCUT2D eigenvalue weighted by Gasteiger charge is -2.32. The summed E-state index contributed by atoms with van der Waals surface area (Å²) in [5.41, 5.74) is 3.60. The number of para-hydroxylation sites is 1. The van der Waals surface area contributed by atoms with Crippen LogP contribution >= 0.6 is 23.4 Å². The second-order valence-electron chi connectivity index (χ2n) is 7.82. The highest BCUT2D eigenvalue weighted by molar-refractivity contribution is 8.15. The number of anilines is 1. The topological polar surface area (TPSA) is 61.8 Å². The number of aliphatic imine (C=N–C) groups is 1.